The standard InChI is InChI=1S/C31H40F3N3O3/c1-19-17-27(40-6)24(29(39)35-19)11-12-26(38)28-21(3)37(25-10-8-7-9-23(25)28)20(2)22-13-15-36(16-14-22)18-30(4,5)31(32,33)34/h7-10,17,20,22H,11-16,18H2,1-6H3,(H,35,39)/t20-/m1/s1. The minimum atomic E-state index is -4.24. The summed E-state index contributed by atoms with van der Waals surface area (Å²) in [6.45, 7) is 9.65. The first-order valence-corrected chi connectivity index (χ1v) is 13.9. The van der Waals surface area contributed by atoms with Gasteiger partial charge in [-0.15, -0.1) is 0 Å². The van der Waals surface area contributed by atoms with Crippen molar-refractivity contribution in [2.45, 2.75) is 72.5 Å². The molecule has 1 aliphatic rings. The van der Waals surface area contributed by atoms with Crippen molar-refractivity contribution >= 4 is 16.7 Å². The normalized spacial score (nSPS) is 16.4. The molecule has 6 nitrogen and oxygen atoms in total. The van der Waals surface area contributed by atoms with Crippen LogP contribution in [0.4, 0.5) is 13.2 Å². The largest absolute Gasteiger partial charge is 0.496 e. The van der Waals surface area contributed by atoms with Crippen molar-refractivity contribution in [3.8, 4) is 5.75 Å². The fourth-order valence-corrected chi connectivity index (χ4v) is 6.19. The highest BCUT2D eigenvalue weighted by molar-refractivity contribution is 6.09. The molecule has 1 fully saturated rings. The second-order valence-corrected chi connectivity index (χ2v) is 11.8. The average molecular weight is 560 g/mol. The maximum Gasteiger partial charge on any atom is 0.395 e. The number of Topliss-reactive ketones (excluding diaryl/α,β-unsaturated/α-hetero) is 1. The number of ketones is 1. The van der Waals surface area contributed by atoms with E-state index in [0.29, 0.717) is 35.7 Å². The Balaban J connectivity index is 1.54. The molecule has 0 spiro atoms. The number of nitrogens with one attached hydrogen (secondary N) is 1. The summed E-state index contributed by atoms with van der Waals surface area (Å²) in [6, 6.07) is 9.68. The maximum atomic E-state index is 13.6. The van der Waals surface area contributed by atoms with Crippen molar-refractivity contribution in [3.63, 3.8) is 0 Å². The number of likely N-dealkylation sites (tertiary alicyclic amines) is 1. The summed E-state index contributed by atoms with van der Waals surface area (Å²) in [6.07, 6.45) is -2.22. The van der Waals surface area contributed by atoms with Crippen LogP contribution < -0.4 is 10.3 Å². The Hall–Kier alpha value is -3.07. The number of fused-ring (bicyclic) bond motifs is 1. The van der Waals surface area contributed by atoms with E-state index in [4.69, 9.17) is 4.74 Å². The van der Waals surface area contributed by atoms with Gasteiger partial charge in [0.25, 0.3) is 5.56 Å². The number of halogens is 3. The summed E-state index contributed by atoms with van der Waals surface area (Å²) in [5, 5.41) is 0.881. The minimum absolute atomic E-state index is 0.00364. The predicted molar refractivity (Wildman–Crippen MR) is 151 cm³/mol. The van der Waals surface area contributed by atoms with Crippen molar-refractivity contribution in [2.24, 2.45) is 11.3 Å². The van der Waals surface area contributed by atoms with Gasteiger partial charge in [-0.25, -0.2) is 0 Å². The number of hydrogen-bond acceptors (Lipinski definition) is 4. The minimum Gasteiger partial charge on any atom is -0.496 e. The Kier molecular flexibility index (Phi) is 8.54. The van der Waals surface area contributed by atoms with E-state index in [1.807, 2.05) is 36.1 Å². The number of para-hydroxylation sites is 1. The molecule has 0 saturated carbocycles. The number of piperidine rings is 1. The number of pyridine rings is 1. The first-order chi connectivity index (χ1) is 18.7. The maximum absolute atomic E-state index is 13.6. The van der Waals surface area contributed by atoms with Gasteiger partial charge in [-0.1, -0.05) is 18.2 Å². The second kappa shape index (κ2) is 11.4. The molecule has 0 amide bonds. The van der Waals surface area contributed by atoms with Crippen LogP contribution in [0.15, 0.2) is 35.1 Å². The van der Waals surface area contributed by atoms with Gasteiger partial charge in [0, 0.05) is 46.9 Å². The number of nitrogens with zero attached hydrogens (tertiary/aromatic N) is 2. The number of aromatic amines is 1. The zero-order valence-corrected chi connectivity index (χ0v) is 24.2. The monoisotopic (exact) mass is 559 g/mol. The van der Waals surface area contributed by atoms with Gasteiger partial charge in [-0.3, -0.25) is 9.59 Å². The summed E-state index contributed by atoms with van der Waals surface area (Å²) in [7, 11) is 1.51. The van der Waals surface area contributed by atoms with Gasteiger partial charge >= 0.3 is 6.18 Å². The molecule has 0 bridgehead atoms. The number of aromatic nitrogens is 2. The Morgan fingerprint density at radius 3 is 2.42 bits per heavy atom. The second-order valence-electron chi connectivity index (χ2n) is 11.8. The molecule has 218 valence electrons. The lowest BCUT2D eigenvalue weighted by molar-refractivity contribution is -0.217. The van der Waals surface area contributed by atoms with E-state index in [0.717, 1.165) is 29.4 Å². The van der Waals surface area contributed by atoms with Gasteiger partial charge in [0.1, 0.15) is 5.75 Å². The van der Waals surface area contributed by atoms with E-state index >= 15 is 0 Å². The predicted octanol–water partition coefficient (Wildman–Crippen LogP) is 6.63. The van der Waals surface area contributed by atoms with Crippen LogP contribution in [-0.2, 0) is 6.42 Å². The highest BCUT2D eigenvalue weighted by Crippen LogP contribution is 2.40. The quantitative estimate of drug-likeness (QED) is 0.299. The molecule has 1 aliphatic heterocycles. The smallest absolute Gasteiger partial charge is 0.395 e. The molecule has 4 rings (SSSR count). The van der Waals surface area contributed by atoms with E-state index in [1.54, 1.807) is 13.0 Å². The number of alkyl halides is 3. The van der Waals surface area contributed by atoms with Crippen molar-refractivity contribution in [1.82, 2.24) is 14.5 Å². The lowest BCUT2D eigenvalue weighted by atomic mass is 9.87. The Labute approximate surface area is 233 Å². The van der Waals surface area contributed by atoms with Gasteiger partial charge < -0.3 is 19.2 Å². The molecule has 1 N–H and O–H groups in total. The summed E-state index contributed by atoms with van der Waals surface area (Å²) < 4.78 is 47.9. The molecule has 0 unspecified atom stereocenters. The van der Waals surface area contributed by atoms with Crippen LogP contribution in [0.3, 0.4) is 0 Å². The fourth-order valence-electron chi connectivity index (χ4n) is 6.19. The van der Waals surface area contributed by atoms with Crippen LogP contribution in [0.25, 0.3) is 10.9 Å². The molecule has 0 radical (unpaired) electrons. The summed E-state index contributed by atoms with van der Waals surface area (Å²) in [5.41, 5.74) is 1.67. The molecular weight excluding hydrogens is 519 g/mol. The van der Waals surface area contributed by atoms with Crippen molar-refractivity contribution in [1.29, 1.82) is 0 Å². The highest BCUT2D eigenvalue weighted by Gasteiger charge is 2.48. The number of hydrogen-bond donors (Lipinski definition) is 1. The summed E-state index contributed by atoms with van der Waals surface area (Å²) in [4.78, 5) is 30.9. The van der Waals surface area contributed by atoms with Gasteiger partial charge in [-0.05, 0) is 85.0 Å². The molecule has 2 aromatic heterocycles. The van der Waals surface area contributed by atoms with Crippen molar-refractivity contribution in [2.75, 3.05) is 26.7 Å². The van der Waals surface area contributed by atoms with Crippen molar-refractivity contribution < 1.29 is 22.7 Å². The van der Waals surface area contributed by atoms with Crippen LogP contribution in [0.1, 0.15) is 73.4 Å². The molecule has 1 saturated heterocycles. The van der Waals surface area contributed by atoms with Gasteiger partial charge in [0.2, 0.25) is 0 Å². The molecule has 1 aromatic carbocycles. The number of H-pyrrole nitrogens is 1. The van der Waals surface area contributed by atoms with E-state index in [1.165, 1.54) is 21.0 Å². The zero-order valence-electron chi connectivity index (χ0n) is 24.2. The zero-order chi connectivity index (χ0) is 29.4. The molecule has 9 heteroatoms. The molecule has 3 aromatic rings. The number of carbonyl (C=O) groups excluding carboxylic acids is 1. The van der Waals surface area contributed by atoms with Crippen molar-refractivity contribution in [3.05, 3.63) is 63.2 Å². The summed E-state index contributed by atoms with van der Waals surface area (Å²) in [5.74, 6) is 0.718. The Bertz CT molecular complexity index is 1430. The third kappa shape index (κ3) is 5.85. The first-order valence-electron chi connectivity index (χ1n) is 13.9. The van der Waals surface area contributed by atoms with E-state index < -0.39 is 11.6 Å². The van der Waals surface area contributed by atoms with E-state index in [9.17, 15) is 22.8 Å². The molecule has 1 atom stereocenters. The molecule has 3 heterocycles. The highest BCUT2D eigenvalue weighted by atomic mass is 19.4. The number of ether oxygens (including phenoxy) is 1. The van der Waals surface area contributed by atoms with Crippen LogP contribution in [-0.4, -0.2) is 53.2 Å². The number of rotatable bonds is 9. The summed E-state index contributed by atoms with van der Waals surface area (Å²) >= 11 is 0. The Morgan fingerprint density at radius 1 is 1.15 bits per heavy atom. The number of benzene rings is 1. The van der Waals surface area contributed by atoms with Gasteiger partial charge in [0.15, 0.2) is 5.78 Å². The number of aryl methyl sites for hydroxylation is 1. The first kappa shape index (κ1) is 29.9. The van der Waals surface area contributed by atoms with Crippen LogP contribution in [0.5, 0.6) is 5.75 Å². The van der Waals surface area contributed by atoms with Gasteiger partial charge in [-0.2, -0.15) is 13.2 Å². The number of methoxy groups -OCH3 is 1. The third-order valence-corrected chi connectivity index (χ3v) is 8.59. The molecule has 0 aliphatic carbocycles. The van der Waals surface area contributed by atoms with E-state index in [-0.39, 0.29) is 42.7 Å². The van der Waals surface area contributed by atoms with Crippen LogP contribution in [0, 0.1) is 25.2 Å². The lowest BCUT2D eigenvalue weighted by Gasteiger charge is -2.40. The molecule has 40 heavy (non-hydrogen) atoms. The van der Waals surface area contributed by atoms with Crippen LogP contribution in [0.2, 0.25) is 0 Å². The van der Waals surface area contributed by atoms with Crippen LogP contribution >= 0.6 is 0 Å². The third-order valence-electron chi connectivity index (χ3n) is 8.59. The average Bonchev–Trinajstić information content (AvgIpc) is 3.18. The van der Waals surface area contributed by atoms with E-state index in [2.05, 4.69) is 16.5 Å². The molecular formula is C31H40F3N3O3. The SMILES string of the molecule is COc1cc(C)[nH]c(=O)c1CCC(=O)c1c(C)n([C@H](C)C2CCN(CC(C)(C)C(F)(F)F)CC2)c2ccccc12. The topological polar surface area (TPSA) is 67.3 Å². The fraction of sp³-hybridized carbons (Fsp3) is 0.548. The van der Waals surface area contributed by atoms with Gasteiger partial charge in [0.05, 0.1) is 18.1 Å². The number of carbonyl (C=O) groups is 1. The Morgan fingerprint density at radius 2 is 1.80 bits per heavy atom. The lowest BCUT2D eigenvalue weighted by Crippen LogP contribution is -2.46.